The number of rotatable bonds is 6. The van der Waals surface area contributed by atoms with Crippen LogP contribution < -0.4 is 11.1 Å². The van der Waals surface area contributed by atoms with Crippen molar-refractivity contribution in [2.75, 3.05) is 0 Å². The van der Waals surface area contributed by atoms with Gasteiger partial charge in [-0.2, -0.15) is 0 Å². The summed E-state index contributed by atoms with van der Waals surface area (Å²) in [6.07, 6.45) is 3.74. The van der Waals surface area contributed by atoms with Crippen molar-refractivity contribution in [1.29, 1.82) is 0 Å². The first-order valence-electron chi connectivity index (χ1n) is 6.43. The predicted molar refractivity (Wildman–Crippen MR) is 69.8 cm³/mol. The van der Waals surface area contributed by atoms with Gasteiger partial charge in [0.2, 0.25) is 5.91 Å². The molecular weight excluding hydrogens is 230 g/mol. The molecule has 0 bridgehead atoms. The van der Waals surface area contributed by atoms with E-state index in [4.69, 9.17) is 5.73 Å². The van der Waals surface area contributed by atoms with Crippen LogP contribution in [0.2, 0.25) is 0 Å². The van der Waals surface area contributed by atoms with Crippen LogP contribution in [0.5, 0.6) is 0 Å². The van der Waals surface area contributed by atoms with Crippen LogP contribution in [0, 0.1) is 0 Å². The fraction of sp³-hybridized carbons (Fsp3) is 0.750. The van der Waals surface area contributed by atoms with Crippen molar-refractivity contribution >= 4 is 5.91 Å². The van der Waals surface area contributed by atoms with E-state index in [1.807, 2.05) is 13.8 Å². The van der Waals surface area contributed by atoms with E-state index in [-0.39, 0.29) is 24.0 Å². The number of carbonyl (C=O) groups excluding carboxylic acids is 1. The van der Waals surface area contributed by atoms with Gasteiger partial charge in [0.1, 0.15) is 6.04 Å². The fourth-order valence-electron chi connectivity index (χ4n) is 1.68. The zero-order valence-electron chi connectivity index (χ0n) is 11.6. The van der Waals surface area contributed by atoms with Gasteiger partial charge in [-0.05, 0) is 27.2 Å². The quantitative estimate of drug-likeness (QED) is 0.796. The molecule has 0 radical (unpaired) electrons. The molecule has 1 aromatic heterocycles. The van der Waals surface area contributed by atoms with E-state index in [1.54, 1.807) is 17.8 Å². The van der Waals surface area contributed by atoms with Crippen LogP contribution in [-0.4, -0.2) is 26.9 Å². The summed E-state index contributed by atoms with van der Waals surface area (Å²) in [4.78, 5) is 12.0. The van der Waals surface area contributed by atoms with Crippen LogP contribution in [-0.2, 0) is 4.79 Å². The largest absolute Gasteiger partial charge is 0.352 e. The molecule has 1 amide bonds. The third-order valence-corrected chi connectivity index (χ3v) is 2.88. The molecule has 3 unspecified atom stereocenters. The van der Waals surface area contributed by atoms with Crippen molar-refractivity contribution < 1.29 is 4.79 Å². The molecule has 18 heavy (non-hydrogen) atoms. The van der Waals surface area contributed by atoms with E-state index < -0.39 is 0 Å². The number of nitrogens with one attached hydrogen (secondary N) is 1. The zero-order valence-corrected chi connectivity index (χ0v) is 11.6. The van der Waals surface area contributed by atoms with Gasteiger partial charge < -0.3 is 11.1 Å². The third-order valence-electron chi connectivity index (χ3n) is 2.88. The smallest absolute Gasteiger partial charge is 0.244 e. The highest BCUT2D eigenvalue weighted by atomic mass is 16.2. The Morgan fingerprint density at radius 3 is 2.67 bits per heavy atom. The maximum absolute atomic E-state index is 12.0. The van der Waals surface area contributed by atoms with Crippen molar-refractivity contribution in [3.63, 3.8) is 0 Å². The van der Waals surface area contributed by atoms with Gasteiger partial charge in [-0.1, -0.05) is 18.6 Å². The molecule has 0 spiro atoms. The molecule has 0 saturated carbocycles. The fourth-order valence-corrected chi connectivity index (χ4v) is 1.68. The molecule has 3 atom stereocenters. The van der Waals surface area contributed by atoms with Gasteiger partial charge in [0.15, 0.2) is 0 Å². The van der Waals surface area contributed by atoms with Crippen LogP contribution in [0.3, 0.4) is 0 Å². The summed E-state index contributed by atoms with van der Waals surface area (Å²) in [5, 5.41) is 10.8. The standard InChI is InChI=1S/C12H23N5O/c1-5-6-8(2)14-12(18)10(4)17-7-11(9(3)13)15-16-17/h7-10H,5-6,13H2,1-4H3,(H,14,18). The minimum Gasteiger partial charge on any atom is -0.352 e. The lowest BCUT2D eigenvalue weighted by molar-refractivity contribution is -0.124. The molecule has 0 saturated heterocycles. The highest BCUT2D eigenvalue weighted by Crippen LogP contribution is 2.09. The molecule has 0 aliphatic carbocycles. The number of carbonyl (C=O) groups is 1. The normalized spacial score (nSPS) is 16.1. The summed E-state index contributed by atoms with van der Waals surface area (Å²) in [6.45, 7) is 7.73. The second-order valence-electron chi connectivity index (χ2n) is 4.79. The van der Waals surface area contributed by atoms with Crippen LogP contribution in [0.4, 0.5) is 0 Å². The maximum Gasteiger partial charge on any atom is 0.244 e. The van der Waals surface area contributed by atoms with Crippen molar-refractivity contribution in [2.24, 2.45) is 5.73 Å². The summed E-state index contributed by atoms with van der Waals surface area (Å²) in [5.41, 5.74) is 6.40. The van der Waals surface area contributed by atoms with Gasteiger partial charge in [0, 0.05) is 12.1 Å². The lowest BCUT2D eigenvalue weighted by Gasteiger charge is -2.16. The summed E-state index contributed by atoms with van der Waals surface area (Å²) in [5.74, 6) is -0.0444. The van der Waals surface area contributed by atoms with Gasteiger partial charge in [-0.25, -0.2) is 4.68 Å². The maximum atomic E-state index is 12.0. The SMILES string of the molecule is CCCC(C)NC(=O)C(C)n1cc(C(C)N)nn1. The summed E-state index contributed by atoms with van der Waals surface area (Å²) in [6, 6.07) is -0.362. The van der Waals surface area contributed by atoms with E-state index >= 15 is 0 Å². The third kappa shape index (κ3) is 3.80. The number of hydrogen-bond acceptors (Lipinski definition) is 4. The first kappa shape index (κ1) is 14.6. The first-order valence-corrected chi connectivity index (χ1v) is 6.43. The number of amides is 1. The Balaban J connectivity index is 2.62. The Morgan fingerprint density at radius 2 is 2.17 bits per heavy atom. The van der Waals surface area contributed by atoms with Gasteiger partial charge in [0.25, 0.3) is 0 Å². The van der Waals surface area contributed by atoms with Crippen molar-refractivity contribution in [2.45, 2.75) is 58.7 Å². The van der Waals surface area contributed by atoms with Gasteiger partial charge in [-0.15, -0.1) is 5.10 Å². The Labute approximate surface area is 108 Å². The zero-order chi connectivity index (χ0) is 13.7. The van der Waals surface area contributed by atoms with E-state index in [1.165, 1.54) is 0 Å². The molecule has 1 heterocycles. The molecule has 102 valence electrons. The van der Waals surface area contributed by atoms with Crippen LogP contribution in [0.25, 0.3) is 0 Å². The predicted octanol–water partition coefficient (Wildman–Crippen LogP) is 1.16. The topological polar surface area (TPSA) is 85.8 Å². The monoisotopic (exact) mass is 253 g/mol. The highest BCUT2D eigenvalue weighted by Gasteiger charge is 2.18. The van der Waals surface area contributed by atoms with Crippen molar-refractivity contribution in [3.8, 4) is 0 Å². The molecular formula is C12H23N5O. The lowest BCUT2D eigenvalue weighted by Crippen LogP contribution is -2.37. The minimum absolute atomic E-state index is 0.0444. The van der Waals surface area contributed by atoms with E-state index in [0.717, 1.165) is 12.8 Å². The van der Waals surface area contributed by atoms with Gasteiger partial charge in [-0.3, -0.25) is 4.79 Å². The molecule has 0 fully saturated rings. The summed E-state index contributed by atoms with van der Waals surface area (Å²) < 4.78 is 1.55. The second-order valence-corrected chi connectivity index (χ2v) is 4.79. The average Bonchev–Trinajstić information content (AvgIpc) is 2.77. The Kier molecular flexibility index (Phi) is 5.27. The van der Waals surface area contributed by atoms with Crippen LogP contribution in [0.15, 0.2) is 6.20 Å². The Bertz CT molecular complexity index is 388. The Morgan fingerprint density at radius 1 is 1.50 bits per heavy atom. The van der Waals surface area contributed by atoms with Gasteiger partial charge >= 0.3 is 0 Å². The van der Waals surface area contributed by atoms with Crippen molar-refractivity contribution in [3.05, 3.63) is 11.9 Å². The number of nitrogens with two attached hydrogens (primary N) is 1. The summed E-state index contributed by atoms with van der Waals surface area (Å²) in [7, 11) is 0. The van der Waals surface area contributed by atoms with Crippen LogP contribution in [0.1, 0.15) is 58.3 Å². The lowest BCUT2D eigenvalue weighted by atomic mass is 10.2. The minimum atomic E-state index is -0.371. The molecule has 1 aromatic rings. The number of hydrogen-bond donors (Lipinski definition) is 2. The van der Waals surface area contributed by atoms with Gasteiger partial charge in [0.05, 0.1) is 11.9 Å². The van der Waals surface area contributed by atoms with E-state index in [2.05, 4.69) is 22.6 Å². The first-order chi connectivity index (χ1) is 8.45. The molecule has 0 aromatic carbocycles. The Hall–Kier alpha value is -1.43. The van der Waals surface area contributed by atoms with E-state index in [0.29, 0.717) is 5.69 Å². The van der Waals surface area contributed by atoms with Crippen molar-refractivity contribution in [1.82, 2.24) is 20.3 Å². The molecule has 0 aliphatic heterocycles. The van der Waals surface area contributed by atoms with Crippen LogP contribution >= 0.6 is 0 Å². The second kappa shape index (κ2) is 6.49. The summed E-state index contributed by atoms with van der Waals surface area (Å²) >= 11 is 0. The molecule has 3 N–H and O–H groups in total. The number of nitrogens with zero attached hydrogens (tertiary/aromatic N) is 3. The molecule has 1 rings (SSSR count). The molecule has 6 heteroatoms. The van der Waals surface area contributed by atoms with E-state index in [9.17, 15) is 4.79 Å². The molecule has 0 aliphatic rings. The highest BCUT2D eigenvalue weighted by molar-refractivity contribution is 5.79. The average molecular weight is 253 g/mol. The number of aromatic nitrogens is 3. The molecule has 6 nitrogen and oxygen atoms in total.